The second-order valence-electron chi connectivity index (χ2n) is 12.7. The van der Waals surface area contributed by atoms with Gasteiger partial charge >= 0.3 is 5.97 Å². The zero-order chi connectivity index (χ0) is 27.0. The Morgan fingerprint density at radius 1 is 0.789 bits per heavy atom. The third-order valence-electron chi connectivity index (χ3n) is 9.66. The van der Waals surface area contributed by atoms with Gasteiger partial charge in [0.05, 0.1) is 0 Å². The minimum Gasteiger partial charge on any atom is -0.426 e. The lowest BCUT2D eigenvalue weighted by atomic mass is 9.67. The molecule has 2 aliphatic rings. The van der Waals surface area contributed by atoms with Crippen molar-refractivity contribution in [2.45, 2.75) is 155 Å². The minimum atomic E-state index is -0.243. The molecule has 2 saturated carbocycles. The predicted octanol–water partition coefficient (Wildman–Crippen LogP) is 11.0. The highest BCUT2D eigenvalue weighted by molar-refractivity contribution is 5.72. The number of hydrogen-bond acceptors (Lipinski definition) is 2. The lowest BCUT2D eigenvalue weighted by Crippen LogP contribution is -2.27. The van der Waals surface area contributed by atoms with Gasteiger partial charge in [-0.25, -0.2) is 4.39 Å². The molecule has 0 aliphatic heterocycles. The number of rotatable bonds is 17. The van der Waals surface area contributed by atoms with Gasteiger partial charge in [-0.1, -0.05) is 116 Å². The first-order valence-corrected chi connectivity index (χ1v) is 16.6. The largest absolute Gasteiger partial charge is 0.426 e. The number of carbonyl (C=O) groups is 1. The summed E-state index contributed by atoms with van der Waals surface area (Å²) in [5.41, 5.74) is 0.732. The van der Waals surface area contributed by atoms with Crippen molar-refractivity contribution in [2.75, 3.05) is 0 Å². The van der Waals surface area contributed by atoms with Crippen molar-refractivity contribution in [3.05, 3.63) is 29.6 Å². The molecule has 0 spiro atoms. The fraction of sp³-hybridized carbons (Fsp3) is 0.800. The second kappa shape index (κ2) is 18.1. The number of esters is 1. The van der Waals surface area contributed by atoms with Crippen molar-refractivity contribution in [1.29, 1.82) is 0 Å². The summed E-state index contributed by atoms with van der Waals surface area (Å²) in [5.74, 6) is 3.29. The molecule has 0 bridgehead atoms. The quantitative estimate of drug-likeness (QED) is 0.114. The van der Waals surface area contributed by atoms with Crippen LogP contribution in [0.5, 0.6) is 5.75 Å². The number of hydrogen-bond donors (Lipinski definition) is 0. The third kappa shape index (κ3) is 11.4. The topological polar surface area (TPSA) is 26.3 Å². The van der Waals surface area contributed by atoms with Crippen molar-refractivity contribution in [1.82, 2.24) is 0 Å². The van der Waals surface area contributed by atoms with Crippen LogP contribution in [0.2, 0.25) is 0 Å². The Balaban J connectivity index is 1.32. The van der Waals surface area contributed by atoms with Crippen molar-refractivity contribution >= 4 is 5.97 Å². The van der Waals surface area contributed by atoms with Gasteiger partial charge in [-0.2, -0.15) is 0 Å². The zero-order valence-corrected chi connectivity index (χ0v) is 24.8. The monoisotopic (exact) mass is 528 g/mol. The summed E-state index contributed by atoms with van der Waals surface area (Å²) in [6.07, 6.45) is 27.4. The number of aryl methyl sites for hydroxylation is 1. The SMILES string of the molecule is CCCCCCCc1ccc(OC(=O)CCC2CCC[C@H]([C@H]3CC[C@H](CCCCCCC)CC3)C2)cc1F. The Morgan fingerprint density at radius 3 is 2.21 bits per heavy atom. The van der Waals surface area contributed by atoms with Gasteiger partial charge in [0.25, 0.3) is 0 Å². The summed E-state index contributed by atoms with van der Waals surface area (Å²) in [4.78, 5) is 12.5. The van der Waals surface area contributed by atoms with E-state index in [0.29, 0.717) is 18.1 Å². The lowest BCUT2D eigenvalue weighted by molar-refractivity contribution is -0.134. The molecule has 3 rings (SSSR count). The van der Waals surface area contributed by atoms with Gasteiger partial charge in [-0.05, 0) is 73.8 Å². The van der Waals surface area contributed by atoms with E-state index in [9.17, 15) is 9.18 Å². The maximum atomic E-state index is 14.5. The van der Waals surface area contributed by atoms with E-state index >= 15 is 0 Å². The molecular formula is C35H57FO2. The number of benzene rings is 1. The molecule has 0 saturated heterocycles. The molecule has 3 heteroatoms. The summed E-state index contributed by atoms with van der Waals surface area (Å²) in [7, 11) is 0. The molecule has 2 fully saturated rings. The van der Waals surface area contributed by atoms with Crippen LogP contribution in [0.25, 0.3) is 0 Å². The van der Waals surface area contributed by atoms with Crippen molar-refractivity contribution in [3.63, 3.8) is 0 Å². The Morgan fingerprint density at radius 2 is 1.50 bits per heavy atom. The Labute approximate surface area is 233 Å². The van der Waals surface area contributed by atoms with E-state index in [-0.39, 0.29) is 11.8 Å². The van der Waals surface area contributed by atoms with E-state index in [2.05, 4.69) is 13.8 Å². The molecule has 2 nitrogen and oxygen atoms in total. The number of ether oxygens (including phenoxy) is 1. The van der Waals surface area contributed by atoms with Gasteiger partial charge in [-0.15, -0.1) is 0 Å². The molecule has 0 amide bonds. The zero-order valence-electron chi connectivity index (χ0n) is 24.8. The molecule has 0 heterocycles. The van der Waals surface area contributed by atoms with Crippen LogP contribution >= 0.6 is 0 Å². The van der Waals surface area contributed by atoms with Crippen molar-refractivity contribution in [3.8, 4) is 5.75 Å². The molecule has 2 aliphatic carbocycles. The first-order chi connectivity index (χ1) is 18.6. The molecule has 216 valence electrons. The van der Waals surface area contributed by atoms with Gasteiger partial charge in [0.1, 0.15) is 11.6 Å². The van der Waals surface area contributed by atoms with E-state index in [1.54, 1.807) is 12.1 Å². The maximum absolute atomic E-state index is 14.5. The lowest BCUT2D eigenvalue weighted by Gasteiger charge is -2.38. The smallest absolute Gasteiger partial charge is 0.311 e. The standard InChI is InChI=1S/C35H57FO2/c1-3-5-7-9-11-14-28-18-21-30(22-19-28)32-17-13-15-29(26-32)20-25-35(37)38-33-24-23-31(34(36)27-33)16-12-10-8-6-4-2/h23-24,27-30,32H,3-22,25-26H2,1-2H3/t28-,29?,30-,32-/m0/s1. The summed E-state index contributed by atoms with van der Waals surface area (Å²) in [6.45, 7) is 4.50. The summed E-state index contributed by atoms with van der Waals surface area (Å²) in [5, 5.41) is 0. The first kappa shape index (κ1) is 31.2. The van der Waals surface area contributed by atoms with Crippen LogP contribution in [0, 0.1) is 29.5 Å². The number of unbranched alkanes of at least 4 members (excludes halogenated alkanes) is 8. The van der Waals surface area contributed by atoms with Gasteiger partial charge in [0.15, 0.2) is 0 Å². The second-order valence-corrected chi connectivity index (χ2v) is 12.7. The van der Waals surface area contributed by atoms with Gasteiger partial charge in [-0.3, -0.25) is 4.79 Å². The predicted molar refractivity (Wildman–Crippen MR) is 158 cm³/mol. The van der Waals surface area contributed by atoms with Crippen molar-refractivity contribution < 1.29 is 13.9 Å². The molecule has 0 aromatic heterocycles. The average Bonchev–Trinajstić information content (AvgIpc) is 2.93. The summed E-state index contributed by atoms with van der Waals surface area (Å²) >= 11 is 0. The van der Waals surface area contributed by atoms with Crippen LogP contribution in [0.15, 0.2) is 18.2 Å². The highest BCUT2D eigenvalue weighted by atomic mass is 19.1. The molecule has 0 N–H and O–H groups in total. The van der Waals surface area contributed by atoms with E-state index in [0.717, 1.165) is 49.0 Å². The van der Waals surface area contributed by atoms with Crippen molar-refractivity contribution in [2.24, 2.45) is 23.7 Å². The molecule has 0 radical (unpaired) electrons. The van der Waals surface area contributed by atoms with Crippen LogP contribution in [0.4, 0.5) is 4.39 Å². The third-order valence-corrected chi connectivity index (χ3v) is 9.66. The van der Waals surface area contributed by atoms with Crippen LogP contribution in [0.3, 0.4) is 0 Å². The van der Waals surface area contributed by atoms with E-state index in [1.165, 1.54) is 115 Å². The van der Waals surface area contributed by atoms with E-state index in [4.69, 9.17) is 4.74 Å². The maximum Gasteiger partial charge on any atom is 0.311 e. The van der Waals surface area contributed by atoms with Crippen LogP contribution < -0.4 is 4.74 Å². The molecule has 1 unspecified atom stereocenters. The minimum absolute atomic E-state index is 0.210. The molecule has 1 aromatic rings. The first-order valence-electron chi connectivity index (χ1n) is 16.6. The molecule has 2 atom stereocenters. The average molecular weight is 529 g/mol. The van der Waals surface area contributed by atoms with E-state index < -0.39 is 0 Å². The number of halogens is 1. The van der Waals surface area contributed by atoms with E-state index in [1.807, 2.05) is 0 Å². The summed E-state index contributed by atoms with van der Waals surface area (Å²) in [6, 6.07) is 4.96. The fourth-order valence-electron chi connectivity index (χ4n) is 7.23. The summed E-state index contributed by atoms with van der Waals surface area (Å²) < 4.78 is 20.0. The van der Waals surface area contributed by atoms with Crippen LogP contribution in [-0.4, -0.2) is 5.97 Å². The Hall–Kier alpha value is -1.38. The number of carbonyl (C=O) groups excluding carboxylic acids is 1. The fourth-order valence-corrected chi connectivity index (χ4v) is 7.23. The normalized spacial score (nSPS) is 23.9. The van der Waals surface area contributed by atoms with Gasteiger partial charge in [0, 0.05) is 12.5 Å². The van der Waals surface area contributed by atoms with Gasteiger partial charge < -0.3 is 4.74 Å². The van der Waals surface area contributed by atoms with Gasteiger partial charge in [0.2, 0.25) is 0 Å². The highest BCUT2D eigenvalue weighted by Gasteiger charge is 2.31. The molecule has 38 heavy (non-hydrogen) atoms. The van der Waals surface area contributed by atoms with Crippen LogP contribution in [0.1, 0.15) is 154 Å². The molecular weight excluding hydrogens is 471 g/mol. The molecule has 1 aromatic carbocycles. The Bertz CT molecular complexity index is 782. The Kier molecular flexibility index (Phi) is 14.8. The highest BCUT2D eigenvalue weighted by Crippen LogP contribution is 2.43. The van der Waals surface area contributed by atoms with Crippen LogP contribution in [-0.2, 0) is 11.2 Å².